The fourth-order valence-electron chi connectivity index (χ4n) is 2.51. The van der Waals surface area contributed by atoms with E-state index in [1.54, 1.807) is 0 Å². The van der Waals surface area contributed by atoms with Crippen molar-refractivity contribution in [1.82, 2.24) is 10.2 Å². The quantitative estimate of drug-likeness (QED) is 0.897. The van der Waals surface area contributed by atoms with Gasteiger partial charge in [0.2, 0.25) is 0 Å². The number of carbonyl (C=O) groups excluding carboxylic acids is 1. The van der Waals surface area contributed by atoms with Crippen molar-refractivity contribution >= 4 is 11.7 Å². The van der Waals surface area contributed by atoms with E-state index < -0.39 is 5.82 Å². The van der Waals surface area contributed by atoms with Gasteiger partial charge in [-0.3, -0.25) is 0 Å². The molecule has 0 unspecified atom stereocenters. The van der Waals surface area contributed by atoms with Crippen molar-refractivity contribution < 1.29 is 13.9 Å². The Morgan fingerprint density at radius 3 is 2.76 bits per heavy atom. The number of methoxy groups -OCH3 is 1. The number of halogens is 1. The molecule has 1 aliphatic rings. The molecular weight excluding hydrogens is 273 g/mol. The highest BCUT2D eigenvalue weighted by Crippen LogP contribution is 2.24. The van der Waals surface area contributed by atoms with E-state index in [0.29, 0.717) is 11.4 Å². The third-order valence-electron chi connectivity index (χ3n) is 3.78. The largest absolute Gasteiger partial charge is 0.494 e. The number of nitrogens with one attached hydrogen (secondary N) is 2. The smallest absolute Gasteiger partial charge is 0.319 e. The highest BCUT2D eigenvalue weighted by Gasteiger charge is 2.20. The van der Waals surface area contributed by atoms with Crippen LogP contribution in [0.2, 0.25) is 0 Å². The molecular formula is C15H22FN3O2. The molecule has 1 heterocycles. The summed E-state index contributed by atoms with van der Waals surface area (Å²) >= 11 is 0. The van der Waals surface area contributed by atoms with Crippen LogP contribution >= 0.6 is 0 Å². The van der Waals surface area contributed by atoms with Gasteiger partial charge in [-0.15, -0.1) is 0 Å². The molecule has 1 aliphatic heterocycles. The number of ether oxygens (including phenoxy) is 1. The van der Waals surface area contributed by atoms with Crippen LogP contribution in [0, 0.1) is 5.82 Å². The predicted molar refractivity (Wildman–Crippen MR) is 80.2 cm³/mol. The third kappa shape index (κ3) is 4.32. The van der Waals surface area contributed by atoms with Crippen LogP contribution in [0.15, 0.2) is 18.2 Å². The summed E-state index contributed by atoms with van der Waals surface area (Å²) in [5.41, 5.74) is 0.461. The molecule has 2 rings (SSSR count). The number of nitrogens with zero attached hydrogens (tertiary/aromatic N) is 1. The summed E-state index contributed by atoms with van der Waals surface area (Å²) in [5, 5.41) is 5.66. The summed E-state index contributed by atoms with van der Waals surface area (Å²) < 4.78 is 18.2. The lowest BCUT2D eigenvalue weighted by Crippen LogP contribution is -2.45. The maximum absolute atomic E-state index is 13.1. The number of hydrogen-bond donors (Lipinski definition) is 2. The molecule has 116 valence electrons. The maximum Gasteiger partial charge on any atom is 0.319 e. The van der Waals surface area contributed by atoms with Crippen molar-refractivity contribution in [2.75, 3.05) is 32.1 Å². The Morgan fingerprint density at radius 2 is 2.14 bits per heavy atom. The van der Waals surface area contributed by atoms with Gasteiger partial charge >= 0.3 is 6.03 Å². The number of likely N-dealkylation sites (tertiary alicyclic amines) is 1. The lowest BCUT2D eigenvalue weighted by Gasteiger charge is -2.31. The van der Waals surface area contributed by atoms with Crippen LogP contribution in [0.5, 0.6) is 5.75 Å². The monoisotopic (exact) mass is 295 g/mol. The molecule has 2 amide bonds. The average molecular weight is 295 g/mol. The Hall–Kier alpha value is -1.82. The lowest BCUT2D eigenvalue weighted by atomic mass is 10.1. The highest BCUT2D eigenvalue weighted by atomic mass is 19.1. The van der Waals surface area contributed by atoms with Crippen molar-refractivity contribution in [2.45, 2.75) is 25.8 Å². The second-order valence-corrected chi connectivity index (χ2v) is 5.15. The molecule has 6 heteroatoms. The summed E-state index contributed by atoms with van der Waals surface area (Å²) in [6.45, 7) is 5.19. The van der Waals surface area contributed by atoms with Gasteiger partial charge < -0.3 is 20.3 Å². The minimum Gasteiger partial charge on any atom is -0.494 e. The standard InChI is InChI=1S/C15H22FN3O2/c1-3-19-8-6-12(7-9-19)17-15(20)18-13-5-4-11(16)10-14(13)21-2/h4-5,10,12H,3,6-9H2,1-2H3,(H2,17,18,20). The highest BCUT2D eigenvalue weighted by molar-refractivity contribution is 5.91. The van der Waals surface area contributed by atoms with Crippen molar-refractivity contribution in [3.05, 3.63) is 24.0 Å². The van der Waals surface area contributed by atoms with Crippen LogP contribution in [-0.2, 0) is 0 Å². The van der Waals surface area contributed by atoms with E-state index in [1.165, 1.54) is 25.3 Å². The zero-order valence-electron chi connectivity index (χ0n) is 12.5. The number of anilines is 1. The van der Waals surface area contributed by atoms with Gasteiger partial charge in [0.15, 0.2) is 0 Å². The molecule has 1 aromatic rings. The summed E-state index contributed by atoms with van der Waals surface area (Å²) in [7, 11) is 1.44. The van der Waals surface area contributed by atoms with Crippen molar-refractivity contribution in [1.29, 1.82) is 0 Å². The molecule has 21 heavy (non-hydrogen) atoms. The first-order chi connectivity index (χ1) is 10.1. The minimum absolute atomic E-state index is 0.180. The fourth-order valence-corrected chi connectivity index (χ4v) is 2.51. The number of piperidine rings is 1. The number of amides is 2. The molecule has 0 bridgehead atoms. The summed E-state index contributed by atoms with van der Waals surface area (Å²) in [5.74, 6) is -0.0873. The molecule has 0 atom stereocenters. The normalized spacial score (nSPS) is 16.5. The fraction of sp³-hybridized carbons (Fsp3) is 0.533. The van der Waals surface area contributed by atoms with Crippen LogP contribution in [0.25, 0.3) is 0 Å². The van der Waals surface area contributed by atoms with Gasteiger partial charge in [-0.05, 0) is 31.5 Å². The van der Waals surface area contributed by atoms with Gasteiger partial charge in [-0.25, -0.2) is 9.18 Å². The molecule has 1 fully saturated rings. The van der Waals surface area contributed by atoms with Crippen molar-refractivity contribution in [3.8, 4) is 5.75 Å². The van der Waals surface area contributed by atoms with Gasteiger partial charge in [0, 0.05) is 25.2 Å². The van der Waals surface area contributed by atoms with Crippen molar-refractivity contribution in [2.24, 2.45) is 0 Å². The zero-order valence-corrected chi connectivity index (χ0v) is 12.5. The molecule has 0 spiro atoms. The number of hydrogen-bond acceptors (Lipinski definition) is 3. The van der Waals surface area contributed by atoms with Crippen molar-refractivity contribution in [3.63, 3.8) is 0 Å². The predicted octanol–water partition coefficient (Wildman–Crippen LogP) is 2.44. The van der Waals surface area contributed by atoms with E-state index in [4.69, 9.17) is 4.74 Å². The van der Waals surface area contributed by atoms with E-state index in [2.05, 4.69) is 22.5 Å². The van der Waals surface area contributed by atoms with Crippen LogP contribution < -0.4 is 15.4 Å². The average Bonchev–Trinajstić information content (AvgIpc) is 2.49. The van der Waals surface area contributed by atoms with Gasteiger partial charge in [-0.1, -0.05) is 6.92 Å². The summed E-state index contributed by atoms with van der Waals surface area (Å²) in [6.07, 6.45) is 1.89. The van der Waals surface area contributed by atoms with Gasteiger partial charge in [0.1, 0.15) is 11.6 Å². The minimum atomic E-state index is -0.398. The summed E-state index contributed by atoms with van der Waals surface area (Å²) in [6, 6.07) is 3.93. The number of rotatable bonds is 4. The first-order valence-corrected chi connectivity index (χ1v) is 7.25. The van der Waals surface area contributed by atoms with E-state index in [-0.39, 0.29) is 12.1 Å². The SMILES string of the molecule is CCN1CCC(NC(=O)Nc2ccc(F)cc2OC)CC1. The van der Waals surface area contributed by atoms with Crippen LogP contribution in [-0.4, -0.2) is 43.7 Å². The number of carbonyl (C=O) groups is 1. The Kier molecular flexibility index (Phi) is 5.38. The van der Waals surface area contributed by atoms with E-state index >= 15 is 0 Å². The Bertz CT molecular complexity index is 488. The Morgan fingerprint density at radius 1 is 1.43 bits per heavy atom. The third-order valence-corrected chi connectivity index (χ3v) is 3.78. The maximum atomic E-state index is 13.1. The Balaban J connectivity index is 1.87. The Labute approximate surface area is 124 Å². The second kappa shape index (κ2) is 7.26. The number of urea groups is 1. The summed E-state index contributed by atoms with van der Waals surface area (Å²) in [4.78, 5) is 14.4. The first kappa shape index (κ1) is 15.6. The van der Waals surface area contributed by atoms with Crippen LogP contribution in [0.3, 0.4) is 0 Å². The topological polar surface area (TPSA) is 53.6 Å². The molecule has 1 saturated heterocycles. The molecule has 1 aromatic carbocycles. The van der Waals surface area contributed by atoms with E-state index in [1.807, 2.05) is 0 Å². The molecule has 2 N–H and O–H groups in total. The van der Waals surface area contributed by atoms with Gasteiger partial charge in [0.05, 0.1) is 12.8 Å². The molecule has 0 aromatic heterocycles. The van der Waals surface area contributed by atoms with Gasteiger partial charge in [-0.2, -0.15) is 0 Å². The van der Waals surface area contributed by atoms with Crippen LogP contribution in [0.1, 0.15) is 19.8 Å². The molecule has 0 saturated carbocycles. The molecule has 5 nitrogen and oxygen atoms in total. The van der Waals surface area contributed by atoms with Crippen LogP contribution in [0.4, 0.5) is 14.9 Å². The van der Waals surface area contributed by atoms with E-state index in [9.17, 15) is 9.18 Å². The van der Waals surface area contributed by atoms with Gasteiger partial charge in [0.25, 0.3) is 0 Å². The lowest BCUT2D eigenvalue weighted by molar-refractivity contribution is 0.203. The number of benzene rings is 1. The second-order valence-electron chi connectivity index (χ2n) is 5.15. The molecule has 0 radical (unpaired) electrons. The zero-order chi connectivity index (χ0) is 15.2. The first-order valence-electron chi connectivity index (χ1n) is 7.25. The molecule has 0 aliphatic carbocycles. The van der Waals surface area contributed by atoms with E-state index in [0.717, 1.165) is 32.5 Å².